The van der Waals surface area contributed by atoms with Gasteiger partial charge in [0.15, 0.2) is 0 Å². The zero-order valence-electron chi connectivity index (χ0n) is 11.3. The van der Waals surface area contributed by atoms with Crippen LogP contribution in [0.4, 0.5) is 13.2 Å². The van der Waals surface area contributed by atoms with Crippen molar-refractivity contribution in [2.24, 2.45) is 5.92 Å². The van der Waals surface area contributed by atoms with Crippen molar-refractivity contribution in [1.82, 2.24) is 14.9 Å². The summed E-state index contributed by atoms with van der Waals surface area (Å²) in [7, 11) is 0. The Balaban J connectivity index is 1.87. The van der Waals surface area contributed by atoms with Crippen molar-refractivity contribution in [3.63, 3.8) is 0 Å². The number of β-amino-alcohol motifs (C(OH)–C–C–N with tert-alkyl or cyclic N) is 1. The summed E-state index contributed by atoms with van der Waals surface area (Å²) >= 11 is 0. The average molecular weight is 303 g/mol. The minimum atomic E-state index is -4.34. The number of nitrogens with zero attached hydrogens (tertiary/aromatic N) is 3. The maximum Gasteiger partial charge on any atom is 0.389 e. The maximum atomic E-state index is 12.1. The van der Waals surface area contributed by atoms with Crippen molar-refractivity contribution in [2.45, 2.75) is 31.5 Å². The first-order chi connectivity index (χ1) is 9.85. The second kappa shape index (κ2) is 6.38. The number of hydrogen-bond donors (Lipinski definition) is 1. The van der Waals surface area contributed by atoms with Gasteiger partial charge in [-0.2, -0.15) is 13.2 Å². The van der Waals surface area contributed by atoms with Crippen LogP contribution < -0.4 is 0 Å². The van der Waals surface area contributed by atoms with Crippen LogP contribution in [0.5, 0.6) is 0 Å². The highest BCUT2D eigenvalue weighted by Crippen LogP contribution is 2.25. The van der Waals surface area contributed by atoms with E-state index in [1.165, 1.54) is 17.3 Å². The van der Waals surface area contributed by atoms with Crippen LogP contribution in [0.1, 0.15) is 18.5 Å². The van der Waals surface area contributed by atoms with Crippen LogP contribution in [0.2, 0.25) is 0 Å². The van der Waals surface area contributed by atoms with E-state index in [4.69, 9.17) is 0 Å². The number of carbonyl (C=O) groups is 1. The summed E-state index contributed by atoms with van der Waals surface area (Å²) in [6, 6.07) is 0. The van der Waals surface area contributed by atoms with Crippen molar-refractivity contribution in [1.29, 1.82) is 0 Å². The van der Waals surface area contributed by atoms with Gasteiger partial charge in [0.05, 0.1) is 18.2 Å². The molecular formula is C13H16F3N3O2. The van der Waals surface area contributed by atoms with Crippen LogP contribution in [-0.4, -0.2) is 51.3 Å². The number of aliphatic hydroxyl groups is 1. The Kier molecular flexibility index (Phi) is 4.76. The van der Waals surface area contributed by atoms with Gasteiger partial charge in [-0.25, -0.2) is 0 Å². The quantitative estimate of drug-likeness (QED) is 0.907. The SMILES string of the molecule is O=C(CCC(F)(F)F)N1C[C@@H](Cc2cnccn2)[C@H](O)C1. The van der Waals surface area contributed by atoms with Gasteiger partial charge in [-0.1, -0.05) is 0 Å². The molecule has 1 aromatic rings. The molecule has 5 nitrogen and oxygen atoms in total. The third kappa shape index (κ3) is 4.66. The first-order valence-electron chi connectivity index (χ1n) is 6.62. The minimum Gasteiger partial charge on any atom is -0.391 e. The summed E-state index contributed by atoms with van der Waals surface area (Å²) in [5.41, 5.74) is 0.686. The molecule has 1 aliphatic heterocycles. The Morgan fingerprint density at radius 3 is 2.76 bits per heavy atom. The summed E-state index contributed by atoms with van der Waals surface area (Å²) in [5, 5.41) is 9.93. The van der Waals surface area contributed by atoms with Crippen LogP contribution in [0.3, 0.4) is 0 Å². The molecule has 1 aromatic heterocycles. The van der Waals surface area contributed by atoms with E-state index in [1.54, 1.807) is 6.20 Å². The van der Waals surface area contributed by atoms with E-state index in [9.17, 15) is 23.1 Å². The Bertz CT molecular complexity index is 481. The molecule has 1 N–H and O–H groups in total. The number of hydrogen-bond acceptors (Lipinski definition) is 4. The smallest absolute Gasteiger partial charge is 0.389 e. The third-order valence-corrected chi connectivity index (χ3v) is 3.47. The zero-order valence-corrected chi connectivity index (χ0v) is 11.3. The highest BCUT2D eigenvalue weighted by molar-refractivity contribution is 5.76. The lowest BCUT2D eigenvalue weighted by atomic mass is 10.0. The van der Waals surface area contributed by atoms with E-state index in [0.29, 0.717) is 12.1 Å². The lowest BCUT2D eigenvalue weighted by Gasteiger charge is -2.16. The predicted octanol–water partition coefficient (Wildman–Crippen LogP) is 1.18. The fraction of sp³-hybridized carbons (Fsp3) is 0.615. The Hall–Kier alpha value is -1.70. The summed E-state index contributed by atoms with van der Waals surface area (Å²) < 4.78 is 36.3. The van der Waals surface area contributed by atoms with Crippen molar-refractivity contribution in [2.75, 3.05) is 13.1 Å². The van der Waals surface area contributed by atoms with Gasteiger partial charge in [0.25, 0.3) is 0 Å². The van der Waals surface area contributed by atoms with Crippen molar-refractivity contribution in [3.05, 3.63) is 24.3 Å². The average Bonchev–Trinajstić information content (AvgIpc) is 2.78. The van der Waals surface area contributed by atoms with Crippen molar-refractivity contribution < 1.29 is 23.1 Å². The first kappa shape index (κ1) is 15.7. The van der Waals surface area contributed by atoms with Gasteiger partial charge >= 0.3 is 6.18 Å². The number of amides is 1. The molecule has 8 heteroatoms. The summed E-state index contributed by atoms with van der Waals surface area (Å²) in [4.78, 5) is 21.0. The molecule has 116 valence electrons. The van der Waals surface area contributed by atoms with Crippen LogP contribution in [0.25, 0.3) is 0 Å². The first-order valence-corrected chi connectivity index (χ1v) is 6.62. The number of aromatic nitrogens is 2. The van der Waals surface area contributed by atoms with Gasteiger partial charge in [0, 0.05) is 44.0 Å². The predicted molar refractivity (Wildman–Crippen MR) is 67.1 cm³/mol. The monoisotopic (exact) mass is 303 g/mol. The second-order valence-corrected chi connectivity index (χ2v) is 5.14. The van der Waals surface area contributed by atoms with Crippen LogP contribution in [0.15, 0.2) is 18.6 Å². The van der Waals surface area contributed by atoms with E-state index >= 15 is 0 Å². The Labute approximate surface area is 119 Å². The summed E-state index contributed by atoms with van der Waals surface area (Å²) in [6.45, 7) is 0.316. The largest absolute Gasteiger partial charge is 0.391 e. The van der Waals surface area contributed by atoms with Gasteiger partial charge in [-0.3, -0.25) is 14.8 Å². The third-order valence-electron chi connectivity index (χ3n) is 3.47. The van der Waals surface area contributed by atoms with Crippen molar-refractivity contribution in [3.8, 4) is 0 Å². The molecule has 1 fully saturated rings. The Morgan fingerprint density at radius 2 is 2.14 bits per heavy atom. The summed E-state index contributed by atoms with van der Waals surface area (Å²) in [6.07, 6.45) is -1.72. The normalized spacial score (nSPS) is 22.6. The standard InChI is InChI=1S/C13H16F3N3O2/c14-13(15,16)2-1-12(21)19-7-9(11(20)8-19)5-10-6-17-3-4-18-10/h3-4,6,9,11,20H,1-2,5,7-8H2/t9-,11-/m1/s1. The Morgan fingerprint density at radius 1 is 1.38 bits per heavy atom. The van der Waals surface area contributed by atoms with Crippen LogP contribution in [-0.2, 0) is 11.2 Å². The highest BCUT2D eigenvalue weighted by Gasteiger charge is 2.36. The van der Waals surface area contributed by atoms with Crippen LogP contribution in [0, 0.1) is 5.92 Å². The molecule has 1 amide bonds. The number of aliphatic hydroxyl groups excluding tert-OH is 1. The molecule has 0 bridgehead atoms. The summed E-state index contributed by atoms with van der Waals surface area (Å²) in [5.74, 6) is -0.801. The molecule has 0 radical (unpaired) electrons. The number of halogens is 3. The number of rotatable bonds is 4. The molecule has 2 rings (SSSR count). The molecule has 0 spiro atoms. The van der Waals surface area contributed by atoms with Gasteiger partial charge in [-0.15, -0.1) is 0 Å². The zero-order chi connectivity index (χ0) is 15.5. The van der Waals surface area contributed by atoms with E-state index in [2.05, 4.69) is 9.97 Å². The van der Waals surface area contributed by atoms with E-state index in [-0.39, 0.29) is 19.0 Å². The molecule has 1 saturated heterocycles. The molecule has 0 aliphatic carbocycles. The molecule has 2 heterocycles. The van der Waals surface area contributed by atoms with E-state index in [1.807, 2.05) is 0 Å². The van der Waals surface area contributed by atoms with Gasteiger partial charge in [-0.05, 0) is 6.42 Å². The van der Waals surface area contributed by atoms with Crippen molar-refractivity contribution >= 4 is 5.91 Å². The lowest BCUT2D eigenvalue weighted by molar-refractivity contribution is -0.148. The number of alkyl halides is 3. The maximum absolute atomic E-state index is 12.1. The van der Waals surface area contributed by atoms with Gasteiger partial charge < -0.3 is 10.0 Å². The molecule has 2 atom stereocenters. The van der Waals surface area contributed by atoms with Gasteiger partial charge in [0.2, 0.25) is 5.91 Å². The van der Waals surface area contributed by atoms with E-state index < -0.39 is 31.0 Å². The number of carbonyl (C=O) groups excluding carboxylic acids is 1. The minimum absolute atomic E-state index is 0.0711. The molecular weight excluding hydrogens is 287 g/mol. The van der Waals surface area contributed by atoms with Crippen LogP contribution >= 0.6 is 0 Å². The lowest BCUT2D eigenvalue weighted by Crippen LogP contribution is -2.30. The topological polar surface area (TPSA) is 66.3 Å². The van der Waals surface area contributed by atoms with E-state index in [0.717, 1.165) is 0 Å². The highest BCUT2D eigenvalue weighted by atomic mass is 19.4. The second-order valence-electron chi connectivity index (χ2n) is 5.14. The molecule has 0 saturated carbocycles. The molecule has 0 aromatic carbocycles. The van der Waals surface area contributed by atoms with Gasteiger partial charge in [0.1, 0.15) is 0 Å². The molecule has 1 aliphatic rings. The fourth-order valence-corrected chi connectivity index (χ4v) is 2.37. The fourth-order valence-electron chi connectivity index (χ4n) is 2.37. The molecule has 0 unspecified atom stereocenters. The number of likely N-dealkylation sites (tertiary alicyclic amines) is 1. The molecule has 21 heavy (non-hydrogen) atoms.